The zero-order valence-electron chi connectivity index (χ0n) is 6.07. The van der Waals surface area contributed by atoms with Crippen molar-refractivity contribution in [2.75, 3.05) is 0 Å². The molecular formula is C7H4F3NO. The van der Waals surface area contributed by atoms with Crippen LogP contribution in [-0.2, 0) is 4.79 Å². The number of carbonyl (C=O) groups is 1. The van der Waals surface area contributed by atoms with E-state index in [9.17, 15) is 18.0 Å². The number of allylic oxidation sites excluding steroid dienone is 2. The molecule has 1 aliphatic rings. The van der Waals surface area contributed by atoms with Gasteiger partial charge in [-0.05, 0) is 18.6 Å². The SMILES string of the molecule is CC1=C(C(F)(F)F)C(=O)[N][C]=C1. The van der Waals surface area contributed by atoms with Gasteiger partial charge in [0.1, 0.15) is 5.57 Å². The van der Waals surface area contributed by atoms with Crippen molar-refractivity contribution < 1.29 is 18.0 Å². The zero-order chi connectivity index (χ0) is 9.35. The van der Waals surface area contributed by atoms with Gasteiger partial charge in [0.15, 0.2) is 0 Å². The first-order chi connectivity index (χ1) is 5.43. The molecule has 0 saturated carbocycles. The van der Waals surface area contributed by atoms with Crippen LogP contribution in [0.4, 0.5) is 13.2 Å². The van der Waals surface area contributed by atoms with Gasteiger partial charge in [-0.2, -0.15) is 13.2 Å². The van der Waals surface area contributed by atoms with Gasteiger partial charge in [0.05, 0.1) is 6.20 Å². The molecule has 0 bridgehead atoms. The van der Waals surface area contributed by atoms with E-state index in [1.54, 1.807) is 0 Å². The largest absolute Gasteiger partial charge is 0.422 e. The fraction of sp³-hybridized carbons (Fsp3) is 0.286. The smallest absolute Gasteiger partial charge is 0.267 e. The van der Waals surface area contributed by atoms with E-state index < -0.39 is 17.7 Å². The quantitative estimate of drug-likeness (QED) is 0.546. The molecule has 0 aromatic heterocycles. The lowest BCUT2D eigenvalue weighted by Gasteiger charge is -2.13. The molecule has 1 amide bonds. The Bertz CT molecular complexity index is 275. The molecule has 0 spiro atoms. The van der Waals surface area contributed by atoms with Crippen molar-refractivity contribution in [3.8, 4) is 0 Å². The van der Waals surface area contributed by atoms with Crippen LogP contribution in [0, 0.1) is 6.20 Å². The van der Waals surface area contributed by atoms with Crippen LogP contribution in [0.2, 0.25) is 0 Å². The molecule has 0 aromatic rings. The molecule has 12 heavy (non-hydrogen) atoms. The van der Waals surface area contributed by atoms with E-state index in [2.05, 4.69) is 11.5 Å². The standard InChI is InChI=1S/C7H4F3NO/c1-4-2-3-11-6(12)5(4)7(8,9)10/h2H,1H3. The number of hydrogen-bond donors (Lipinski definition) is 0. The summed E-state index contributed by atoms with van der Waals surface area (Å²) >= 11 is 0. The molecule has 1 aliphatic heterocycles. The summed E-state index contributed by atoms with van der Waals surface area (Å²) in [5, 5.41) is 2.91. The van der Waals surface area contributed by atoms with Gasteiger partial charge in [-0.25, -0.2) is 5.32 Å². The first kappa shape index (κ1) is 8.83. The first-order valence-electron chi connectivity index (χ1n) is 3.05. The van der Waals surface area contributed by atoms with Crippen LogP contribution in [-0.4, -0.2) is 12.1 Å². The Kier molecular flexibility index (Phi) is 1.95. The minimum Gasteiger partial charge on any atom is -0.267 e. The molecular weight excluding hydrogens is 171 g/mol. The molecule has 2 nitrogen and oxygen atoms in total. The highest BCUT2D eigenvalue weighted by Crippen LogP contribution is 2.30. The summed E-state index contributed by atoms with van der Waals surface area (Å²) in [7, 11) is 0. The highest BCUT2D eigenvalue weighted by molar-refractivity contribution is 5.96. The second-order valence-corrected chi connectivity index (χ2v) is 2.25. The van der Waals surface area contributed by atoms with E-state index in [-0.39, 0.29) is 5.57 Å². The molecule has 64 valence electrons. The lowest BCUT2D eigenvalue weighted by atomic mass is 10.1. The Labute approximate surface area is 66.8 Å². The molecule has 0 aliphatic carbocycles. The summed E-state index contributed by atoms with van der Waals surface area (Å²) in [6.07, 6.45) is -1.51. The van der Waals surface area contributed by atoms with Crippen LogP contribution in [0.15, 0.2) is 17.2 Å². The average molecular weight is 175 g/mol. The van der Waals surface area contributed by atoms with Crippen LogP contribution < -0.4 is 5.32 Å². The molecule has 0 atom stereocenters. The van der Waals surface area contributed by atoms with E-state index in [1.807, 2.05) is 0 Å². The molecule has 0 fully saturated rings. The van der Waals surface area contributed by atoms with Gasteiger partial charge in [-0.3, -0.25) is 4.79 Å². The Morgan fingerprint density at radius 1 is 1.50 bits per heavy atom. The lowest BCUT2D eigenvalue weighted by molar-refractivity contribution is -0.130. The predicted molar refractivity (Wildman–Crippen MR) is 33.7 cm³/mol. The number of nitrogens with zero attached hydrogens (tertiary/aromatic N) is 1. The van der Waals surface area contributed by atoms with E-state index in [4.69, 9.17) is 0 Å². The van der Waals surface area contributed by atoms with Gasteiger partial charge >= 0.3 is 6.18 Å². The Morgan fingerprint density at radius 3 is 2.42 bits per heavy atom. The van der Waals surface area contributed by atoms with E-state index in [0.717, 1.165) is 6.08 Å². The molecule has 2 radical (unpaired) electrons. The number of alkyl halides is 3. The number of halogens is 3. The van der Waals surface area contributed by atoms with E-state index in [0.29, 0.717) is 0 Å². The fourth-order valence-electron chi connectivity index (χ4n) is 0.829. The summed E-state index contributed by atoms with van der Waals surface area (Å²) in [4.78, 5) is 10.6. The third-order valence-electron chi connectivity index (χ3n) is 1.34. The van der Waals surface area contributed by atoms with E-state index >= 15 is 0 Å². The van der Waals surface area contributed by atoms with Crippen LogP contribution in [0.3, 0.4) is 0 Å². The topological polar surface area (TPSA) is 31.2 Å². The zero-order valence-corrected chi connectivity index (χ0v) is 6.07. The van der Waals surface area contributed by atoms with Crippen LogP contribution in [0.5, 0.6) is 0 Å². The normalized spacial score (nSPS) is 18.2. The van der Waals surface area contributed by atoms with Crippen molar-refractivity contribution >= 4 is 5.91 Å². The third-order valence-corrected chi connectivity index (χ3v) is 1.34. The number of amides is 1. The third kappa shape index (κ3) is 1.49. The van der Waals surface area contributed by atoms with Gasteiger partial charge in [0.2, 0.25) is 0 Å². The average Bonchev–Trinajstić information content (AvgIpc) is 1.82. The van der Waals surface area contributed by atoms with Gasteiger partial charge in [-0.1, -0.05) is 0 Å². The van der Waals surface area contributed by atoms with E-state index in [1.165, 1.54) is 6.92 Å². The number of hydrogen-bond acceptors (Lipinski definition) is 1. The minimum atomic E-state index is -4.62. The predicted octanol–water partition coefficient (Wildman–Crippen LogP) is 1.33. The molecule has 0 aromatic carbocycles. The van der Waals surface area contributed by atoms with Crippen LogP contribution in [0.1, 0.15) is 6.92 Å². The Balaban J connectivity index is 3.14. The van der Waals surface area contributed by atoms with Crippen LogP contribution in [0.25, 0.3) is 0 Å². The van der Waals surface area contributed by atoms with Gasteiger partial charge in [0, 0.05) is 0 Å². The summed E-state index contributed by atoms with van der Waals surface area (Å²) in [6, 6.07) is 0. The maximum Gasteiger partial charge on any atom is 0.422 e. The minimum absolute atomic E-state index is 0.150. The fourth-order valence-corrected chi connectivity index (χ4v) is 0.829. The van der Waals surface area contributed by atoms with Gasteiger partial charge in [-0.15, -0.1) is 0 Å². The summed E-state index contributed by atoms with van der Waals surface area (Å²) in [6.45, 7) is 1.20. The Hall–Kier alpha value is -1.26. The first-order valence-corrected chi connectivity index (χ1v) is 3.05. The van der Waals surface area contributed by atoms with Gasteiger partial charge < -0.3 is 0 Å². The van der Waals surface area contributed by atoms with Crippen molar-refractivity contribution in [2.45, 2.75) is 13.1 Å². The highest BCUT2D eigenvalue weighted by atomic mass is 19.4. The second-order valence-electron chi connectivity index (χ2n) is 2.25. The van der Waals surface area contributed by atoms with Crippen molar-refractivity contribution in [2.24, 2.45) is 0 Å². The van der Waals surface area contributed by atoms with Gasteiger partial charge in [0.25, 0.3) is 5.91 Å². The second kappa shape index (κ2) is 2.66. The summed E-state index contributed by atoms with van der Waals surface area (Å²) < 4.78 is 36.2. The molecule has 0 N–H and O–H groups in total. The molecule has 0 unspecified atom stereocenters. The molecule has 0 saturated heterocycles. The van der Waals surface area contributed by atoms with Crippen molar-refractivity contribution in [3.63, 3.8) is 0 Å². The lowest BCUT2D eigenvalue weighted by Crippen LogP contribution is -2.28. The van der Waals surface area contributed by atoms with Crippen LogP contribution >= 0.6 is 0 Å². The molecule has 5 heteroatoms. The number of carbonyl (C=O) groups excluding carboxylic acids is 1. The van der Waals surface area contributed by atoms with Crippen molar-refractivity contribution in [1.29, 1.82) is 0 Å². The Morgan fingerprint density at radius 2 is 2.08 bits per heavy atom. The van der Waals surface area contributed by atoms with Crippen molar-refractivity contribution in [3.05, 3.63) is 23.4 Å². The maximum atomic E-state index is 12.1. The molecule has 1 heterocycles. The molecule has 1 rings (SSSR count). The highest BCUT2D eigenvalue weighted by Gasteiger charge is 2.41. The number of rotatable bonds is 0. The summed E-state index contributed by atoms with van der Waals surface area (Å²) in [5.74, 6) is -1.28. The summed E-state index contributed by atoms with van der Waals surface area (Å²) in [5.41, 5.74) is -1.36. The monoisotopic (exact) mass is 175 g/mol. The maximum absolute atomic E-state index is 12.1. The van der Waals surface area contributed by atoms with Crippen molar-refractivity contribution in [1.82, 2.24) is 5.32 Å².